The summed E-state index contributed by atoms with van der Waals surface area (Å²) in [6.07, 6.45) is -2.96. The van der Waals surface area contributed by atoms with Crippen LogP contribution in [0, 0.1) is 21.4 Å². The van der Waals surface area contributed by atoms with Crippen LogP contribution in [0.4, 0.5) is 13.2 Å². The first kappa shape index (κ1) is 19.2. The number of ether oxygens (including phenoxy) is 1. The number of benzene rings is 1. The van der Waals surface area contributed by atoms with Crippen LogP contribution in [0.5, 0.6) is 5.75 Å². The molecule has 1 aromatic carbocycles. The second kappa shape index (κ2) is 8.15. The molecule has 0 aliphatic rings. The maximum absolute atomic E-state index is 13.3. The molecule has 0 spiro atoms. The Hall–Kier alpha value is -2.82. The number of para-hydroxylation sites is 1. The molecule has 0 amide bonds. The molecule has 0 saturated carbocycles. The van der Waals surface area contributed by atoms with Crippen molar-refractivity contribution in [2.24, 2.45) is 0 Å². The van der Waals surface area contributed by atoms with E-state index in [0.717, 1.165) is 6.92 Å². The summed E-state index contributed by atoms with van der Waals surface area (Å²) in [6, 6.07) is 6.08. The van der Waals surface area contributed by atoms with Gasteiger partial charge in [-0.15, -0.1) is 0 Å². The Morgan fingerprint density at radius 3 is 2.58 bits per heavy atom. The number of hydrogen-bond donors (Lipinski definition) is 0. The smallest absolute Gasteiger partial charge is 0.419 e. The van der Waals surface area contributed by atoms with E-state index in [1.807, 2.05) is 6.07 Å². The van der Waals surface area contributed by atoms with Gasteiger partial charge in [0.15, 0.2) is 0 Å². The number of alkyl halides is 3. The van der Waals surface area contributed by atoms with Crippen LogP contribution in [0.3, 0.4) is 0 Å². The van der Waals surface area contributed by atoms with Crippen molar-refractivity contribution in [3.05, 3.63) is 63.4 Å². The van der Waals surface area contributed by atoms with E-state index >= 15 is 0 Å². The predicted molar refractivity (Wildman–Crippen MR) is 80.8 cm³/mol. The molecule has 0 aliphatic heterocycles. The number of nitro groups is 1. The Labute approximate surface area is 136 Å². The number of rotatable bonds is 6. The topological polar surface area (TPSA) is 76.2 Å². The number of nitrogens with zero attached hydrogens (tertiary/aromatic N) is 2. The lowest BCUT2D eigenvalue weighted by atomic mass is 10.1. The first-order valence-electron chi connectivity index (χ1n) is 7.00. The second-order valence-corrected chi connectivity index (χ2v) is 4.79. The third kappa shape index (κ3) is 5.12. The molecule has 24 heavy (non-hydrogen) atoms. The van der Waals surface area contributed by atoms with Gasteiger partial charge in [-0.1, -0.05) is 19.1 Å². The monoisotopic (exact) mass is 340 g/mol. The Kier molecular flexibility index (Phi) is 6.53. The summed E-state index contributed by atoms with van der Waals surface area (Å²) in [7, 11) is 0. The highest BCUT2D eigenvalue weighted by molar-refractivity contribution is 5.45. The Bertz CT molecular complexity index is 703. The van der Waals surface area contributed by atoms with Gasteiger partial charge < -0.3 is 4.74 Å². The first-order valence-corrected chi connectivity index (χ1v) is 7.00. The highest BCUT2D eigenvalue weighted by atomic mass is 19.4. The molecule has 0 N–H and O–H groups in total. The van der Waals surface area contributed by atoms with Gasteiger partial charge in [-0.05, 0) is 24.6 Å². The van der Waals surface area contributed by atoms with E-state index in [2.05, 4.69) is 0 Å². The fourth-order valence-corrected chi connectivity index (χ4v) is 1.78. The normalized spacial score (nSPS) is 14.0. The molecule has 8 heteroatoms. The van der Waals surface area contributed by atoms with Gasteiger partial charge in [0.1, 0.15) is 23.2 Å². The SMILES string of the molecule is CC/C=C(Oc1ccccc1C#N)\C(=C/C(C)[N+](=O)[O-])C(F)(F)F. The van der Waals surface area contributed by atoms with Crippen LogP contribution in [-0.2, 0) is 0 Å². The van der Waals surface area contributed by atoms with Crippen molar-refractivity contribution in [2.45, 2.75) is 32.5 Å². The highest BCUT2D eigenvalue weighted by Gasteiger charge is 2.39. The van der Waals surface area contributed by atoms with Crippen LogP contribution in [0.1, 0.15) is 25.8 Å². The van der Waals surface area contributed by atoms with Crippen LogP contribution in [-0.4, -0.2) is 17.1 Å². The molecular weight excluding hydrogens is 325 g/mol. The van der Waals surface area contributed by atoms with E-state index in [9.17, 15) is 23.3 Å². The van der Waals surface area contributed by atoms with Crippen LogP contribution >= 0.6 is 0 Å². The summed E-state index contributed by atoms with van der Waals surface area (Å²) in [5.41, 5.74) is -1.19. The Morgan fingerprint density at radius 2 is 2.08 bits per heavy atom. The van der Waals surface area contributed by atoms with E-state index in [-0.39, 0.29) is 17.7 Å². The molecule has 1 rings (SSSR count). The molecule has 0 fully saturated rings. The van der Waals surface area contributed by atoms with E-state index in [0.29, 0.717) is 6.08 Å². The maximum atomic E-state index is 13.3. The number of hydrogen-bond acceptors (Lipinski definition) is 4. The van der Waals surface area contributed by atoms with E-state index in [4.69, 9.17) is 10.00 Å². The lowest BCUT2D eigenvalue weighted by Crippen LogP contribution is -2.21. The molecule has 0 aromatic heterocycles. The summed E-state index contributed by atoms with van der Waals surface area (Å²) in [5, 5.41) is 19.7. The Morgan fingerprint density at radius 1 is 1.46 bits per heavy atom. The summed E-state index contributed by atoms with van der Waals surface area (Å²) in [4.78, 5) is 9.86. The second-order valence-electron chi connectivity index (χ2n) is 4.79. The largest absolute Gasteiger partial charge is 0.456 e. The molecule has 1 atom stereocenters. The van der Waals surface area contributed by atoms with Crippen molar-refractivity contribution in [2.75, 3.05) is 0 Å². The quantitative estimate of drug-likeness (QED) is 0.333. The van der Waals surface area contributed by atoms with Crippen molar-refractivity contribution in [1.29, 1.82) is 5.26 Å². The third-order valence-electron chi connectivity index (χ3n) is 2.93. The number of allylic oxidation sites excluding steroid dienone is 2. The van der Waals surface area contributed by atoms with Crippen molar-refractivity contribution >= 4 is 0 Å². The minimum atomic E-state index is -4.84. The number of halogens is 3. The molecule has 128 valence electrons. The maximum Gasteiger partial charge on any atom is 0.419 e. The van der Waals surface area contributed by atoms with Crippen molar-refractivity contribution in [3.63, 3.8) is 0 Å². The summed E-state index contributed by atoms with van der Waals surface area (Å²) in [5.74, 6) is -0.620. The van der Waals surface area contributed by atoms with Gasteiger partial charge in [0.2, 0.25) is 6.04 Å². The molecule has 0 heterocycles. The fraction of sp³-hybridized carbons (Fsp3) is 0.312. The molecule has 1 aromatic rings. The van der Waals surface area contributed by atoms with Gasteiger partial charge in [0.05, 0.1) is 5.56 Å². The molecule has 0 radical (unpaired) electrons. The summed E-state index contributed by atoms with van der Waals surface area (Å²) in [6.45, 7) is 2.64. The van der Waals surface area contributed by atoms with Crippen LogP contribution in [0.2, 0.25) is 0 Å². The molecule has 1 unspecified atom stereocenters. The molecular formula is C16H15F3N2O3. The molecule has 0 bridgehead atoms. The van der Waals surface area contributed by atoms with E-state index < -0.39 is 28.5 Å². The molecule has 0 saturated heterocycles. The lowest BCUT2D eigenvalue weighted by molar-refractivity contribution is -0.505. The lowest BCUT2D eigenvalue weighted by Gasteiger charge is -2.17. The van der Waals surface area contributed by atoms with Gasteiger partial charge in [0.25, 0.3) is 0 Å². The van der Waals surface area contributed by atoms with Crippen molar-refractivity contribution < 1.29 is 22.8 Å². The summed E-state index contributed by atoms with van der Waals surface area (Å²) < 4.78 is 45.3. The standard InChI is InChI=1S/C16H15F3N2O3/c1-3-6-15(24-14-8-5-4-7-12(14)10-20)13(16(17,18)19)9-11(2)21(22)23/h4-9,11H,3H2,1-2H3/b13-9+,15-6+. The molecule has 0 aliphatic carbocycles. The zero-order chi connectivity index (χ0) is 18.3. The zero-order valence-electron chi connectivity index (χ0n) is 13.0. The van der Waals surface area contributed by atoms with Crippen LogP contribution < -0.4 is 4.74 Å². The fourth-order valence-electron chi connectivity index (χ4n) is 1.78. The van der Waals surface area contributed by atoms with Gasteiger partial charge in [-0.3, -0.25) is 10.1 Å². The zero-order valence-corrected chi connectivity index (χ0v) is 13.0. The van der Waals surface area contributed by atoms with Crippen LogP contribution in [0.25, 0.3) is 0 Å². The van der Waals surface area contributed by atoms with E-state index in [1.165, 1.54) is 24.3 Å². The minimum absolute atomic E-state index is 0.0522. The third-order valence-corrected chi connectivity index (χ3v) is 2.93. The van der Waals surface area contributed by atoms with Gasteiger partial charge in [-0.2, -0.15) is 18.4 Å². The average Bonchev–Trinajstić information content (AvgIpc) is 2.51. The predicted octanol–water partition coefficient (Wildman–Crippen LogP) is 4.38. The van der Waals surface area contributed by atoms with Gasteiger partial charge in [0, 0.05) is 17.9 Å². The minimum Gasteiger partial charge on any atom is -0.456 e. The van der Waals surface area contributed by atoms with Crippen molar-refractivity contribution in [1.82, 2.24) is 0 Å². The van der Waals surface area contributed by atoms with Crippen molar-refractivity contribution in [3.8, 4) is 11.8 Å². The first-order chi connectivity index (χ1) is 11.2. The highest BCUT2D eigenvalue weighted by Crippen LogP contribution is 2.34. The summed E-state index contributed by atoms with van der Waals surface area (Å²) >= 11 is 0. The van der Waals surface area contributed by atoms with E-state index in [1.54, 1.807) is 13.0 Å². The van der Waals surface area contributed by atoms with Gasteiger partial charge in [-0.25, -0.2) is 0 Å². The average molecular weight is 340 g/mol. The van der Waals surface area contributed by atoms with Crippen LogP contribution in [0.15, 0.2) is 47.7 Å². The molecule has 5 nitrogen and oxygen atoms in total. The Balaban J connectivity index is 3.36. The number of nitriles is 1. The van der Waals surface area contributed by atoms with Gasteiger partial charge >= 0.3 is 6.18 Å².